The van der Waals surface area contributed by atoms with E-state index in [4.69, 9.17) is 8.94 Å². The van der Waals surface area contributed by atoms with Gasteiger partial charge in [-0.1, -0.05) is 23.4 Å². The molecule has 146 valence electrons. The standard InChI is InChI=1S/C20H23N5O3/c1-14-18(15(2)28-23-14)20(26)25-10-6-9-24(11-12-25)13-17-21-22-19(27-17)16-7-4-3-5-8-16/h3-5,7-8H,6,9-13H2,1-2H3. The molecule has 1 aliphatic heterocycles. The third kappa shape index (κ3) is 3.82. The average molecular weight is 381 g/mol. The molecule has 8 nitrogen and oxygen atoms in total. The van der Waals surface area contributed by atoms with E-state index >= 15 is 0 Å². The van der Waals surface area contributed by atoms with Crippen molar-refractivity contribution in [1.82, 2.24) is 25.2 Å². The van der Waals surface area contributed by atoms with Crippen molar-refractivity contribution in [2.24, 2.45) is 0 Å². The van der Waals surface area contributed by atoms with E-state index in [0.717, 1.165) is 25.1 Å². The van der Waals surface area contributed by atoms with Crippen molar-refractivity contribution in [2.45, 2.75) is 26.8 Å². The third-order valence-corrected chi connectivity index (χ3v) is 4.97. The second-order valence-corrected chi connectivity index (χ2v) is 6.99. The van der Waals surface area contributed by atoms with Crippen molar-refractivity contribution in [3.05, 3.63) is 53.2 Å². The van der Waals surface area contributed by atoms with Crippen molar-refractivity contribution in [1.29, 1.82) is 0 Å². The molecule has 28 heavy (non-hydrogen) atoms. The van der Waals surface area contributed by atoms with Crippen LogP contribution < -0.4 is 0 Å². The monoisotopic (exact) mass is 381 g/mol. The summed E-state index contributed by atoms with van der Waals surface area (Å²) in [5.74, 6) is 1.68. The molecule has 0 unspecified atom stereocenters. The second kappa shape index (κ2) is 7.93. The Morgan fingerprint density at radius 3 is 2.64 bits per heavy atom. The first-order chi connectivity index (χ1) is 13.6. The van der Waals surface area contributed by atoms with Gasteiger partial charge < -0.3 is 13.8 Å². The van der Waals surface area contributed by atoms with Crippen LogP contribution in [0.5, 0.6) is 0 Å². The van der Waals surface area contributed by atoms with Gasteiger partial charge in [0, 0.05) is 31.7 Å². The van der Waals surface area contributed by atoms with Crippen molar-refractivity contribution in [3.63, 3.8) is 0 Å². The van der Waals surface area contributed by atoms with Crippen LogP contribution in [0.2, 0.25) is 0 Å². The lowest BCUT2D eigenvalue weighted by atomic mass is 10.1. The fourth-order valence-electron chi connectivity index (χ4n) is 3.48. The molecule has 0 aliphatic carbocycles. The zero-order valence-corrected chi connectivity index (χ0v) is 16.1. The molecule has 1 fully saturated rings. The summed E-state index contributed by atoms with van der Waals surface area (Å²) in [7, 11) is 0. The van der Waals surface area contributed by atoms with Gasteiger partial charge in [-0.05, 0) is 32.4 Å². The smallest absolute Gasteiger partial charge is 0.259 e. The van der Waals surface area contributed by atoms with Gasteiger partial charge >= 0.3 is 0 Å². The van der Waals surface area contributed by atoms with Crippen molar-refractivity contribution >= 4 is 5.91 Å². The molecule has 4 rings (SSSR count). The Morgan fingerprint density at radius 2 is 1.89 bits per heavy atom. The maximum absolute atomic E-state index is 12.8. The van der Waals surface area contributed by atoms with E-state index in [1.54, 1.807) is 13.8 Å². The van der Waals surface area contributed by atoms with Gasteiger partial charge in [0.2, 0.25) is 11.8 Å². The maximum Gasteiger partial charge on any atom is 0.259 e. The molecular formula is C20H23N5O3. The Morgan fingerprint density at radius 1 is 1.07 bits per heavy atom. The zero-order chi connectivity index (χ0) is 19.5. The van der Waals surface area contributed by atoms with Crippen molar-refractivity contribution in [3.8, 4) is 11.5 Å². The number of aryl methyl sites for hydroxylation is 2. The molecule has 1 amide bonds. The highest BCUT2D eigenvalue weighted by molar-refractivity contribution is 5.96. The number of benzene rings is 1. The molecule has 3 aromatic rings. The van der Waals surface area contributed by atoms with Crippen LogP contribution in [-0.2, 0) is 6.54 Å². The van der Waals surface area contributed by atoms with Gasteiger partial charge in [-0.2, -0.15) is 0 Å². The summed E-state index contributed by atoms with van der Waals surface area (Å²) in [4.78, 5) is 17.0. The largest absolute Gasteiger partial charge is 0.419 e. The molecule has 0 radical (unpaired) electrons. The first-order valence-corrected chi connectivity index (χ1v) is 9.44. The molecule has 0 spiro atoms. The summed E-state index contributed by atoms with van der Waals surface area (Å²) >= 11 is 0. The van der Waals surface area contributed by atoms with Crippen LogP contribution in [0.1, 0.15) is 34.1 Å². The second-order valence-electron chi connectivity index (χ2n) is 6.99. The molecule has 0 bridgehead atoms. The molecule has 8 heteroatoms. The van der Waals surface area contributed by atoms with E-state index in [-0.39, 0.29) is 5.91 Å². The molecule has 1 aromatic carbocycles. The minimum absolute atomic E-state index is 0.0118. The Bertz CT molecular complexity index is 930. The number of carbonyl (C=O) groups excluding carboxylic acids is 1. The Labute approximate surface area is 163 Å². The summed E-state index contributed by atoms with van der Waals surface area (Å²) in [5.41, 5.74) is 2.13. The SMILES string of the molecule is Cc1noc(C)c1C(=O)N1CCCN(Cc2nnc(-c3ccccc3)o2)CC1. The van der Waals surface area contributed by atoms with Crippen LogP contribution in [0, 0.1) is 13.8 Å². The van der Waals surface area contributed by atoms with Gasteiger partial charge in [-0.3, -0.25) is 9.69 Å². The van der Waals surface area contributed by atoms with Crippen LogP contribution in [0.15, 0.2) is 39.3 Å². The number of hydrogen-bond donors (Lipinski definition) is 0. The van der Waals surface area contributed by atoms with E-state index in [1.165, 1.54) is 0 Å². The normalized spacial score (nSPS) is 15.6. The fraction of sp³-hybridized carbons (Fsp3) is 0.400. The molecular weight excluding hydrogens is 358 g/mol. The number of aromatic nitrogens is 3. The van der Waals surface area contributed by atoms with Crippen molar-refractivity contribution < 1.29 is 13.7 Å². The Hall–Kier alpha value is -3.00. The number of rotatable bonds is 4. The Balaban J connectivity index is 1.38. The zero-order valence-electron chi connectivity index (χ0n) is 16.1. The van der Waals surface area contributed by atoms with Crippen LogP contribution in [0.25, 0.3) is 11.5 Å². The van der Waals surface area contributed by atoms with E-state index in [9.17, 15) is 4.79 Å². The lowest BCUT2D eigenvalue weighted by Gasteiger charge is -2.21. The summed E-state index contributed by atoms with van der Waals surface area (Å²) < 4.78 is 11.0. The molecule has 0 saturated carbocycles. The molecule has 1 aliphatic rings. The van der Waals surface area contributed by atoms with E-state index in [2.05, 4.69) is 20.3 Å². The van der Waals surface area contributed by atoms with E-state index in [1.807, 2.05) is 35.2 Å². The first-order valence-electron chi connectivity index (χ1n) is 9.44. The molecule has 1 saturated heterocycles. The predicted molar refractivity (Wildman–Crippen MR) is 102 cm³/mol. The van der Waals surface area contributed by atoms with Gasteiger partial charge in [-0.15, -0.1) is 10.2 Å². The van der Waals surface area contributed by atoms with Gasteiger partial charge in [0.1, 0.15) is 11.3 Å². The average Bonchev–Trinajstić information content (AvgIpc) is 3.22. The molecule has 3 heterocycles. The summed E-state index contributed by atoms with van der Waals surface area (Å²) in [6.07, 6.45) is 0.884. The van der Waals surface area contributed by atoms with Gasteiger partial charge in [0.05, 0.1) is 12.2 Å². The van der Waals surface area contributed by atoms with E-state index in [0.29, 0.717) is 48.4 Å². The molecule has 2 aromatic heterocycles. The van der Waals surface area contributed by atoms with Gasteiger partial charge in [-0.25, -0.2) is 0 Å². The highest BCUT2D eigenvalue weighted by Crippen LogP contribution is 2.19. The Kier molecular flexibility index (Phi) is 5.21. The van der Waals surface area contributed by atoms with Crippen LogP contribution in [0.3, 0.4) is 0 Å². The first kappa shape index (κ1) is 18.4. The number of carbonyl (C=O) groups is 1. The summed E-state index contributed by atoms with van der Waals surface area (Å²) in [6.45, 7) is 7.12. The third-order valence-electron chi connectivity index (χ3n) is 4.97. The van der Waals surface area contributed by atoms with Crippen LogP contribution in [0.4, 0.5) is 0 Å². The highest BCUT2D eigenvalue weighted by Gasteiger charge is 2.26. The predicted octanol–water partition coefficient (Wildman–Crippen LogP) is 2.69. The van der Waals surface area contributed by atoms with Gasteiger partial charge in [0.25, 0.3) is 5.91 Å². The van der Waals surface area contributed by atoms with Crippen LogP contribution >= 0.6 is 0 Å². The minimum Gasteiger partial charge on any atom is -0.419 e. The number of amides is 1. The lowest BCUT2D eigenvalue weighted by molar-refractivity contribution is 0.0758. The lowest BCUT2D eigenvalue weighted by Crippen LogP contribution is -2.35. The molecule has 0 N–H and O–H groups in total. The number of nitrogens with zero attached hydrogens (tertiary/aromatic N) is 5. The van der Waals surface area contributed by atoms with Crippen molar-refractivity contribution in [2.75, 3.05) is 26.2 Å². The van der Waals surface area contributed by atoms with E-state index < -0.39 is 0 Å². The summed E-state index contributed by atoms with van der Waals surface area (Å²) in [6, 6.07) is 9.73. The topological polar surface area (TPSA) is 88.5 Å². The number of hydrogen-bond acceptors (Lipinski definition) is 7. The molecule has 0 atom stereocenters. The summed E-state index contributed by atoms with van der Waals surface area (Å²) in [5, 5.41) is 12.2. The minimum atomic E-state index is -0.0118. The highest BCUT2D eigenvalue weighted by atomic mass is 16.5. The fourth-order valence-corrected chi connectivity index (χ4v) is 3.48. The van der Waals surface area contributed by atoms with Gasteiger partial charge in [0.15, 0.2) is 0 Å². The maximum atomic E-state index is 12.8. The van der Waals surface area contributed by atoms with Crippen LogP contribution in [-0.4, -0.2) is 57.2 Å². The quantitative estimate of drug-likeness (QED) is 0.686.